The topological polar surface area (TPSA) is 0 Å². The van der Waals surface area contributed by atoms with E-state index in [2.05, 4.69) is 104 Å². The molecular weight excluding hydrogens is 871 g/mol. The molecule has 57 heavy (non-hydrogen) atoms. The molecule has 2 rings (SSSR count). The summed E-state index contributed by atoms with van der Waals surface area (Å²) in [5.41, 5.74) is -12.5. The maximum Gasteiger partial charge on any atom is 0.459 e. The normalized spacial score (nSPS) is 15.5. The molecule has 0 spiro atoms. The largest absolute Gasteiger partial charge is 0.459 e. The second-order valence-corrected chi connectivity index (χ2v) is 17.2. The van der Waals surface area contributed by atoms with Crippen LogP contribution in [0.15, 0.2) is 48.5 Å². The predicted molar refractivity (Wildman–Crippen MR) is 161 cm³/mol. The Balaban J connectivity index is 0.000000893. The van der Waals surface area contributed by atoms with Gasteiger partial charge in [0.1, 0.15) is 0 Å². The minimum absolute atomic E-state index is 0.185. The number of benzene rings is 2. The molecule has 2 aromatic carbocycles. The molecule has 0 saturated heterocycles. The molecule has 0 aromatic heterocycles. The molecule has 0 fully saturated rings. The number of halogens is 24. The molecule has 0 atom stereocenters. The van der Waals surface area contributed by atoms with E-state index in [0.717, 1.165) is 0 Å². The Morgan fingerprint density at radius 1 is 0.404 bits per heavy atom. The third-order valence-electron chi connectivity index (χ3n) is 7.81. The Hall–Kier alpha value is -2.94. The van der Waals surface area contributed by atoms with Gasteiger partial charge in [-0.3, -0.25) is 0 Å². The molecular formula is C32H32F24P+. The van der Waals surface area contributed by atoms with Gasteiger partial charge in [0, 0.05) is 11.1 Å². The molecule has 25 heteroatoms. The van der Waals surface area contributed by atoms with Crippen LogP contribution in [-0.4, -0.2) is 54.0 Å². The van der Waals surface area contributed by atoms with Crippen LogP contribution in [0.2, 0.25) is 0 Å². The quantitative estimate of drug-likeness (QED) is 0.148. The van der Waals surface area contributed by atoms with Crippen molar-refractivity contribution in [3.05, 3.63) is 77.7 Å². The molecule has 332 valence electrons. The van der Waals surface area contributed by atoms with Crippen LogP contribution in [0, 0.1) is 6.92 Å². The molecule has 0 saturated carbocycles. The summed E-state index contributed by atoms with van der Waals surface area (Å²) in [5.74, 6) is -22.7. The van der Waals surface area contributed by atoms with Gasteiger partial charge < -0.3 is 0 Å². The zero-order valence-electron chi connectivity index (χ0n) is 29.9. The summed E-state index contributed by atoms with van der Waals surface area (Å²) < 4.78 is 283. The van der Waals surface area contributed by atoms with Gasteiger partial charge in [-0.05, 0) is 28.9 Å². The van der Waals surface area contributed by atoms with Crippen molar-refractivity contribution in [2.24, 2.45) is 0 Å². The van der Waals surface area contributed by atoms with Gasteiger partial charge in [-0.15, -0.1) is 0 Å². The molecule has 0 aliphatic carbocycles. The average molecular weight is 904 g/mol. The first kappa shape index (κ1) is 54.1. The molecule has 0 amide bonds. The fourth-order valence-corrected chi connectivity index (χ4v) is 5.47. The minimum atomic E-state index is -12.3. The van der Waals surface area contributed by atoms with Crippen molar-refractivity contribution >= 4 is 7.54 Å². The van der Waals surface area contributed by atoms with Gasteiger partial charge in [0.15, 0.2) is 5.41 Å². The Morgan fingerprint density at radius 3 is 0.754 bits per heavy atom. The standard InChI is InChI=1S/C23H31.C6F17P.C3HF7/c1-21(2,3)17-9-13-19(14-10-17)23(7,8)20-15-11-18(12-16-20)22(4,5)6;7-1(8,3(11,12)13)5(17,18)24(21,22,23)6(19,20)2(9,10)4(14,15)16;4-1(5)2(6,7)3(8,9)10/h9-16H,7H2,1-6,8H3;;1H/q+1;;. The summed E-state index contributed by atoms with van der Waals surface area (Å²) >= 11 is 0. The van der Waals surface area contributed by atoms with E-state index in [4.69, 9.17) is 0 Å². The van der Waals surface area contributed by atoms with Crippen LogP contribution in [0.5, 0.6) is 0 Å². The van der Waals surface area contributed by atoms with Crippen molar-refractivity contribution in [3.8, 4) is 0 Å². The van der Waals surface area contributed by atoms with Crippen LogP contribution in [0.1, 0.15) is 70.7 Å². The first-order valence-electron chi connectivity index (χ1n) is 15.0. The Kier molecular flexibility index (Phi) is 14.8. The van der Waals surface area contributed by atoms with E-state index in [-0.39, 0.29) is 16.2 Å². The summed E-state index contributed by atoms with van der Waals surface area (Å²) in [4.78, 5) is 0. The van der Waals surface area contributed by atoms with Crippen molar-refractivity contribution in [3.63, 3.8) is 0 Å². The van der Waals surface area contributed by atoms with Crippen molar-refractivity contribution in [1.29, 1.82) is 0 Å². The zero-order chi connectivity index (χ0) is 46.5. The van der Waals surface area contributed by atoms with Gasteiger partial charge in [0.05, 0.1) is 6.92 Å². The SMILES string of the molecule is FC(F)(F)C(F)(F)C(F)(F)P(F)(F)(F)C(F)(F)C(F)(F)C(F)(F)F.FC(F)C(F)(F)C(F)(F)F.[CH2+]C(C)(c1ccc(C(C)(C)C)cc1)c1ccc(C(C)(C)C)cc1. The maximum absolute atomic E-state index is 12.7. The van der Waals surface area contributed by atoms with Gasteiger partial charge >= 0.3 is 136 Å². The van der Waals surface area contributed by atoms with Crippen molar-refractivity contribution in [2.75, 3.05) is 0 Å². The fraction of sp³-hybridized carbons (Fsp3) is 0.594. The van der Waals surface area contributed by atoms with Gasteiger partial charge in [-0.25, -0.2) is 8.78 Å². The van der Waals surface area contributed by atoms with E-state index < -0.39 is 61.6 Å². The molecule has 0 heterocycles. The molecule has 0 nitrogen and oxygen atoms in total. The predicted octanol–water partition coefficient (Wildman–Crippen LogP) is 15.6. The van der Waals surface area contributed by atoms with E-state index in [1.54, 1.807) is 0 Å². The summed E-state index contributed by atoms with van der Waals surface area (Å²) in [6.07, 6.45) is -26.7. The van der Waals surface area contributed by atoms with Crippen molar-refractivity contribution < 1.29 is 105 Å². The average Bonchev–Trinajstić information content (AvgIpc) is 2.98. The second-order valence-electron chi connectivity index (χ2n) is 14.4. The van der Waals surface area contributed by atoms with Crippen molar-refractivity contribution in [1.82, 2.24) is 0 Å². The zero-order valence-corrected chi connectivity index (χ0v) is 30.8. The third kappa shape index (κ3) is 10.3. The Morgan fingerprint density at radius 2 is 0.614 bits per heavy atom. The monoisotopic (exact) mass is 903 g/mol. The van der Waals surface area contributed by atoms with Gasteiger partial charge in [0.2, 0.25) is 0 Å². The Bertz CT molecular complexity index is 1510. The van der Waals surface area contributed by atoms with Gasteiger partial charge in [0.25, 0.3) is 0 Å². The fourth-order valence-electron chi connectivity index (χ4n) is 3.94. The number of hydrogen-bond donors (Lipinski definition) is 0. The summed E-state index contributed by atoms with van der Waals surface area (Å²) in [7, 11) is -12.3. The van der Waals surface area contributed by atoms with Crippen LogP contribution in [0.4, 0.5) is 105 Å². The van der Waals surface area contributed by atoms with Gasteiger partial charge in [-0.2, -0.15) is 22.0 Å². The molecule has 0 aliphatic heterocycles. The molecule has 0 bridgehead atoms. The van der Waals surface area contributed by atoms with E-state index in [9.17, 15) is 105 Å². The summed E-state index contributed by atoms with van der Waals surface area (Å²) in [6, 6.07) is 17.9. The third-order valence-corrected chi connectivity index (χ3v) is 10.2. The number of alkyl halides is 21. The van der Waals surface area contributed by atoms with Crippen LogP contribution >= 0.6 is 7.54 Å². The van der Waals surface area contributed by atoms with E-state index >= 15 is 0 Å². The van der Waals surface area contributed by atoms with Crippen LogP contribution in [0.3, 0.4) is 0 Å². The summed E-state index contributed by atoms with van der Waals surface area (Å²) in [6.45, 7) is 20.2. The number of hydrogen-bond acceptors (Lipinski definition) is 0. The first-order chi connectivity index (χ1) is 24.4. The smallest absolute Gasteiger partial charge is 0.203 e. The van der Waals surface area contributed by atoms with Gasteiger partial charge in [-0.1, -0.05) is 90.1 Å². The molecule has 0 N–H and O–H groups in total. The molecule has 0 aliphatic rings. The van der Waals surface area contributed by atoms with Crippen LogP contribution in [0.25, 0.3) is 0 Å². The summed E-state index contributed by atoms with van der Waals surface area (Å²) in [5, 5.41) is 0. The van der Waals surface area contributed by atoms with Crippen molar-refractivity contribution in [2.45, 2.75) is 119 Å². The van der Waals surface area contributed by atoms with Crippen LogP contribution in [-0.2, 0) is 16.2 Å². The van der Waals surface area contributed by atoms with Crippen LogP contribution < -0.4 is 0 Å². The number of rotatable bonds is 7. The second kappa shape index (κ2) is 15.6. The van der Waals surface area contributed by atoms with E-state index in [1.165, 1.54) is 22.3 Å². The maximum atomic E-state index is 12.7. The minimum Gasteiger partial charge on any atom is -0.203 e. The first-order valence-corrected chi connectivity index (χ1v) is 16.9. The molecule has 2 aromatic rings. The molecule has 0 radical (unpaired) electrons. The van der Waals surface area contributed by atoms with E-state index in [1.807, 2.05) is 0 Å². The van der Waals surface area contributed by atoms with E-state index in [0.29, 0.717) is 0 Å². The molecule has 0 unspecified atom stereocenters. The Labute approximate surface area is 309 Å².